The molecule has 1 N–H and O–H groups in total. The number of pyridine rings is 1. The Hall–Kier alpha value is -3.74. The van der Waals surface area contributed by atoms with Crippen LogP contribution in [-0.4, -0.2) is 25.1 Å². The van der Waals surface area contributed by atoms with Crippen LogP contribution in [0.1, 0.15) is 16.1 Å². The summed E-state index contributed by atoms with van der Waals surface area (Å²) in [5.41, 5.74) is 4.06. The summed E-state index contributed by atoms with van der Waals surface area (Å²) in [6.07, 6.45) is 3.88. The van der Waals surface area contributed by atoms with E-state index in [0.717, 1.165) is 27.1 Å². The molecule has 27 heavy (non-hydrogen) atoms. The highest BCUT2D eigenvalue weighted by Gasteiger charge is 2.12. The number of benzene rings is 1. The summed E-state index contributed by atoms with van der Waals surface area (Å²) in [5, 5.41) is 6.85. The minimum Gasteiger partial charge on any atom is -0.320 e. The topological polar surface area (TPSA) is 81.3 Å². The van der Waals surface area contributed by atoms with Crippen LogP contribution in [0.25, 0.3) is 16.9 Å². The third-order valence-electron chi connectivity index (χ3n) is 4.34. The smallest absolute Gasteiger partial charge is 0.276 e. The number of anilines is 1. The van der Waals surface area contributed by atoms with E-state index in [-0.39, 0.29) is 17.2 Å². The summed E-state index contributed by atoms with van der Waals surface area (Å²) < 4.78 is 3.08. The van der Waals surface area contributed by atoms with Gasteiger partial charge < -0.3 is 9.72 Å². The third kappa shape index (κ3) is 3.22. The van der Waals surface area contributed by atoms with Gasteiger partial charge in [0.15, 0.2) is 0 Å². The molecule has 0 aliphatic heterocycles. The van der Waals surface area contributed by atoms with Gasteiger partial charge in [-0.3, -0.25) is 9.59 Å². The van der Waals surface area contributed by atoms with Gasteiger partial charge in [-0.1, -0.05) is 18.2 Å². The van der Waals surface area contributed by atoms with Crippen molar-refractivity contribution in [2.75, 3.05) is 5.32 Å². The number of nitrogens with zero attached hydrogens (tertiary/aromatic N) is 4. The van der Waals surface area contributed by atoms with Crippen molar-refractivity contribution in [3.05, 3.63) is 82.5 Å². The van der Waals surface area contributed by atoms with Gasteiger partial charge in [-0.2, -0.15) is 5.10 Å². The number of imidazole rings is 1. The molecule has 0 aliphatic carbocycles. The summed E-state index contributed by atoms with van der Waals surface area (Å²) in [5.74, 6) is -0.374. The van der Waals surface area contributed by atoms with Crippen molar-refractivity contribution in [1.82, 2.24) is 19.2 Å². The lowest BCUT2D eigenvalue weighted by molar-refractivity contribution is 0.102. The van der Waals surface area contributed by atoms with E-state index < -0.39 is 0 Å². The molecule has 0 aliphatic rings. The van der Waals surface area contributed by atoms with Gasteiger partial charge in [-0.25, -0.2) is 9.67 Å². The molecule has 0 bridgehead atoms. The number of carbonyl (C=O) groups is 1. The highest BCUT2D eigenvalue weighted by Crippen LogP contribution is 2.25. The largest absolute Gasteiger partial charge is 0.320 e. The monoisotopic (exact) mass is 359 g/mol. The van der Waals surface area contributed by atoms with Gasteiger partial charge >= 0.3 is 0 Å². The molecule has 1 amide bonds. The van der Waals surface area contributed by atoms with Crippen LogP contribution in [0.4, 0.5) is 5.69 Å². The normalized spacial score (nSPS) is 10.9. The number of aromatic nitrogens is 4. The second-order valence-electron chi connectivity index (χ2n) is 6.26. The van der Waals surface area contributed by atoms with Gasteiger partial charge in [0.05, 0.1) is 5.69 Å². The first-order chi connectivity index (χ1) is 13.0. The van der Waals surface area contributed by atoms with Gasteiger partial charge in [0, 0.05) is 36.8 Å². The van der Waals surface area contributed by atoms with E-state index in [4.69, 9.17) is 0 Å². The van der Waals surface area contributed by atoms with Crippen LogP contribution >= 0.6 is 0 Å². The average molecular weight is 359 g/mol. The fraction of sp³-hybridized carbons (Fsp3) is 0.100. The molecule has 0 fully saturated rings. The quantitative estimate of drug-likeness (QED) is 0.610. The number of amides is 1. The maximum Gasteiger partial charge on any atom is 0.276 e. The van der Waals surface area contributed by atoms with Crippen molar-refractivity contribution in [1.29, 1.82) is 0 Å². The lowest BCUT2D eigenvalue weighted by Gasteiger charge is -2.10. The molecule has 134 valence electrons. The molecule has 0 atom stereocenters. The summed E-state index contributed by atoms with van der Waals surface area (Å²) in [7, 11) is 1.51. The SMILES string of the molecule is Cc1ccc(-c2cn3ccccc3n2)cc1NC(=O)c1ccc(=O)n(C)n1. The van der Waals surface area contributed by atoms with E-state index in [1.807, 2.05) is 60.1 Å². The molecule has 3 aromatic heterocycles. The molecular weight excluding hydrogens is 342 g/mol. The Bertz CT molecular complexity index is 1190. The molecule has 3 heterocycles. The molecule has 4 rings (SSSR count). The Morgan fingerprint density at radius 3 is 2.74 bits per heavy atom. The predicted octanol–water partition coefficient (Wildman–Crippen LogP) is 2.66. The molecule has 7 heteroatoms. The molecule has 4 aromatic rings. The van der Waals surface area contributed by atoms with E-state index >= 15 is 0 Å². The number of aryl methyl sites for hydroxylation is 2. The molecule has 0 saturated carbocycles. The molecule has 0 radical (unpaired) electrons. The Kier molecular flexibility index (Phi) is 4.04. The van der Waals surface area contributed by atoms with Gasteiger partial charge in [0.1, 0.15) is 11.3 Å². The molecule has 7 nitrogen and oxygen atoms in total. The van der Waals surface area contributed by atoms with Crippen molar-refractivity contribution in [3.63, 3.8) is 0 Å². The zero-order valence-corrected chi connectivity index (χ0v) is 14.9. The van der Waals surface area contributed by atoms with Crippen LogP contribution < -0.4 is 10.9 Å². The molecular formula is C20H17N5O2. The lowest BCUT2D eigenvalue weighted by atomic mass is 10.1. The molecule has 1 aromatic carbocycles. The van der Waals surface area contributed by atoms with E-state index in [2.05, 4.69) is 15.4 Å². The summed E-state index contributed by atoms with van der Waals surface area (Å²) >= 11 is 0. The highest BCUT2D eigenvalue weighted by atomic mass is 16.2. The Morgan fingerprint density at radius 1 is 1.11 bits per heavy atom. The van der Waals surface area contributed by atoms with E-state index in [1.165, 1.54) is 19.2 Å². The fourth-order valence-electron chi connectivity index (χ4n) is 2.80. The van der Waals surface area contributed by atoms with Crippen LogP contribution in [0, 0.1) is 6.92 Å². The maximum atomic E-state index is 12.5. The van der Waals surface area contributed by atoms with Gasteiger partial charge in [0.25, 0.3) is 11.5 Å². The highest BCUT2D eigenvalue weighted by molar-refractivity contribution is 6.03. The fourth-order valence-corrected chi connectivity index (χ4v) is 2.80. The first kappa shape index (κ1) is 16.7. The first-order valence-electron chi connectivity index (χ1n) is 8.42. The van der Waals surface area contributed by atoms with Crippen molar-refractivity contribution in [3.8, 4) is 11.3 Å². The minimum atomic E-state index is -0.374. The number of hydrogen-bond acceptors (Lipinski definition) is 4. The Balaban J connectivity index is 1.66. The van der Waals surface area contributed by atoms with Gasteiger partial charge in [0.2, 0.25) is 0 Å². The van der Waals surface area contributed by atoms with Crippen LogP contribution in [0.2, 0.25) is 0 Å². The van der Waals surface area contributed by atoms with Crippen molar-refractivity contribution >= 4 is 17.2 Å². The molecule has 0 saturated heterocycles. The third-order valence-corrected chi connectivity index (χ3v) is 4.34. The van der Waals surface area contributed by atoms with E-state index in [0.29, 0.717) is 5.69 Å². The average Bonchev–Trinajstić information content (AvgIpc) is 3.10. The van der Waals surface area contributed by atoms with Crippen molar-refractivity contribution in [2.24, 2.45) is 7.05 Å². The number of nitrogens with one attached hydrogen (secondary N) is 1. The second kappa shape index (κ2) is 6.53. The molecule has 0 spiro atoms. The summed E-state index contributed by atoms with van der Waals surface area (Å²) in [6, 6.07) is 14.3. The van der Waals surface area contributed by atoms with Crippen LogP contribution in [-0.2, 0) is 7.05 Å². The number of fused-ring (bicyclic) bond motifs is 1. The van der Waals surface area contributed by atoms with Crippen LogP contribution in [0.15, 0.2) is 65.7 Å². The number of rotatable bonds is 3. The van der Waals surface area contributed by atoms with Crippen molar-refractivity contribution in [2.45, 2.75) is 6.92 Å². The Labute approximate surface area is 154 Å². The van der Waals surface area contributed by atoms with Crippen LogP contribution in [0.5, 0.6) is 0 Å². The van der Waals surface area contributed by atoms with Gasteiger partial charge in [-0.05, 0) is 36.8 Å². The standard InChI is InChI=1S/C20H17N5O2/c1-13-6-7-14(17-12-25-10-4-3-5-18(25)21-17)11-16(13)22-20(27)15-8-9-19(26)24(2)23-15/h3-12H,1-2H3,(H,22,27). The summed E-state index contributed by atoms with van der Waals surface area (Å²) in [4.78, 5) is 28.6. The lowest BCUT2D eigenvalue weighted by Crippen LogP contribution is -2.23. The number of hydrogen-bond donors (Lipinski definition) is 1. The first-order valence-corrected chi connectivity index (χ1v) is 8.42. The van der Waals surface area contributed by atoms with Crippen molar-refractivity contribution < 1.29 is 4.79 Å². The zero-order chi connectivity index (χ0) is 19.0. The number of carbonyl (C=O) groups excluding carboxylic acids is 1. The van der Waals surface area contributed by atoms with E-state index in [1.54, 1.807) is 0 Å². The second-order valence-corrected chi connectivity index (χ2v) is 6.26. The predicted molar refractivity (Wildman–Crippen MR) is 103 cm³/mol. The zero-order valence-electron chi connectivity index (χ0n) is 14.9. The molecule has 0 unspecified atom stereocenters. The Morgan fingerprint density at radius 2 is 1.96 bits per heavy atom. The van der Waals surface area contributed by atoms with E-state index in [9.17, 15) is 9.59 Å². The van der Waals surface area contributed by atoms with Gasteiger partial charge in [-0.15, -0.1) is 0 Å². The summed E-state index contributed by atoms with van der Waals surface area (Å²) in [6.45, 7) is 1.91. The van der Waals surface area contributed by atoms with Crippen LogP contribution in [0.3, 0.4) is 0 Å². The maximum absolute atomic E-state index is 12.5. The minimum absolute atomic E-state index is 0.176.